The maximum Gasteiger partial charge on any atom is 0.251 e. The smallest absolute Gasteiger partial charge is 0.251 e. The zero-order valence-corrected chi connectivity index (χ0v) is 16.3. The Bertz CT molecular complexity index is 1050. The van der Waals surface area contributed by atoms with E-state index in [9.17, 15) is 4.79 Å². The number of hydrogen-bond acceptors (Lipinski definition) is 4. The van der Waals surface area contributed by atoms with Crippen LogP contribution in [0.4, 0.5) is 0 Å². The molecule has 0 spiro atoms. The fourth-order valence-corrected chi connectivity index (χ4v) is 3.92. The van der Waals surface area contributed by atoms with Gasteiger partial charge in [-0.1, -0.05) is 42.5 Å². The van der Waals surface area contributed by atoms with Crippen LogP contribution in [0.3, 0.4) is 0 Å². The summed E-state index contributed by atoms with van der Waals surface area (Å²) in [6.07, 6.45) is 5.45. The summed E-state index contributed by atoms with van der Waals surface area (Å²) in [7, 11) is 0. The molecule has 28 heavy (non-hydrogen) atoms. The van der Waals surface area contributed by atoms with E-state index in [-0.39, 0.29) is 5.91 Å². The third-order valence-corrected chi connectivity index (χ3v) is 5.67. The lowest BCUT2D eigenvalue weighted by molar-refractivity contribution is 0.0951. The maximum absolute atomic E-state index is 12.5. The van der Waals surface area contributed by atoms with E-state index >= 15 is 0 Å². The molecule has 4 aromatic rings. The Morgan fingerprint density at radius 2 is 1.89 bits per heavy atom. The third kappa shape index (κ3) is 4.18. The monoisotopic (exact) mass is 388 g/mol. The molecule has 2 aromatic carbocycles. The van der Waals surface area contributed by atoms with Gasteiger partial charge in [-0.25, -0.2) is 9.97 Å². The van der Waals surface area contributed by atoms with Crippen molar-refractivity contribution in [1.82, 2.24) is 19.9 Å². The molecule has 1 amide bonds. The van der Waals surface area contributed by atoms with Crippen molar-refractivity contribution in [2.45, 2.75) is 20.0 Å². The second-order valence-electron chi connectivity index (χ2n) is 6.51. The summed E-state index contributed by atoms with van der Waals surface area (Å²) < 4.78 is 1.99. The van der Waals surface area contributed by atoms with Crippen molar-refractivity contribution in [1.29, 1.82) is 0 Å². The minimum absolute atomic E-state index is 0.0803. The molecular weight excluding hydrogens is 368 g/mol. The van der Waals surface area contributed by atoms with E-state index in [4.69, 9.17) is 0 Å². The highest BCUT2D eigenvalue weighted by atomic mass is 32.1. The molecule has 5 nitrogen and oxygen atoms in total. The molecule has 1 N–H and O–H groups in total. The molecule has 0 aliphatic carbocycles. The number of rotatable bonds is 6. The van der Waals surface area contributed by atoms with Crippen molar-refractivity contribution in [2.75, 3.05) is 0 Å². The summed E-state index contributed by atoms with van der Waals surface area (Å²) in [5.41, 5.74) is 3.83. The molecule has 0 atom stereocenters. The molecule has 0 saturated heterocycles. The van der Waals surface area contributed by atoms with Crippen LogP contribution in [0.15, 0.2) is 73.3 Å². The highest BCUT2D eigenvalue weighted by Gasteiger charge is 2.11. The molecule has 0 aliphatic rings. The van der Waals surface area contributed by atoms with Gasteiger partial charge in [0.05, 0.1) is 18.6 Å². The number of nitrogens with one attached hydrogen (secondary N) is 1. The minimum Gasteiger partial charge on any atom is -0.347 e. The summed E-state index contributed by atoms with van der Waals surface area (Å²) in [5, 5.41) is 3.98. The van der Waals surface area contributed by atoms with Crippen molar-refractivity contribution in [3.63, 3.8) is 0 Å². The van der Waals surface area contributed by atoms with Gasteiger partial charge < -0.3 is 9.88 Å². The lowest BCUT2D eigenvalue weighted by Crippen LogP contribution is -2.22. The quantitative estimate of drug-likeness (QED) is 0.536. The normalized spacial score (nSPS) is 10.8. The maximum atomic E-state index is 12.5. The molecule has 0 bridgehead atoms. The number of thiazole rings is 1. The third-order valence-electron chi connectivity index (χ3n) is 4.46. The number of amides is 1. The molecule has 140 valence electrons. The van der Waals surface area contributed by atoms with Gasteiger partial charge in [0, 0.05) is 34.9 Å². The number of imidazole rings is 1. The van der Waals surface area contributed by atoms with Crippen LogP contribution in [-0.4, -0.2) is 20.4 Å². The Hall–Kier alpha value is -3.25. The number of aryl methyl sites for hydroxylation is 1. The van der Waals surface area contributed by atoms with E-state index in [0.717, 1.165) is 33.3 Å². The van der Waals surface area contributed by atoms with Crippen LogP contribution in [0.25, 0.3) is 10.6 Å². The van der Waals surface area contributed by atoms with Crippen LogP contribution >= 0.6 is 11.3 Å². The van der Waals surface area contributed by atoms with Gasteiger partial charge >= 0.3 is 0 Å². The van der Waals surface area contributed by atoms with Crippen LogP contribution in [0, 0.1) is 6.92 Å². The van der Waals surface area contributed by atoms with Crippen LogP contribution < -0.4 is 5.32 Å². The van der Waals surface area contributed by atoms with Gasteiger partial charge in [0.2, 0.25) is 0 Å². The van der Waals surface area contributed by atoms with Crippen molar-refractivity contribution in [3.05, 3.63) is 95.0 Å². The number of hydrogen-bond donors (Lipinski definition) is 1. The average Bonchev–Trinajstić information content (AvgIpc) is 3.37. The van der Waals surface area contributed by atoms with Gasteiger partial charge in [-0.05, 0) is 24.6 Å². The molecule has 2 aromatic heterocycles. The summed E-state index contributed by atoms with van der Waals surface area (Å²) >= 11 is 1.62. The number of benzene rings is 2. The summed E-state index contributed by atoms with van der Waals surface area (Å²) in [4.78, 5) is 22.2. The lowest BCUT2D eigenvalue weighted by atomic mass is 10.1. The minimum atomic E-state index is -0.0803. The van der Waals surface area contributed by atoms with Crippen LogP contribution in [0.1, 0.15) is 26.5 Å². The lowest BCUT2D eigenvalue weighted by Gasteiger charge is -2.06. The number of aromatic nitrogens is 3. The molecular formula is C22H20N4OS. The second-order valence-corrected chi connectivity index (χ2v) is 7.59. The molecule has 2 heterocycles. The van der Waals surface area contributed by atoms with Gasteiger partial charge in [0.1, 0.15) is 5.01 Å². The molecule has 4 rings (SSSR count). The van der Waals surface area contributed by atoms with E-state index in [1.807, 2.05) is 72.3 Å². The van der Waals surface area contributed by atoms with Crippen LogP contribution in [0.2, 0.25) is 0 Å². The molecule has 0 fully saturated rings. The largest absolute Gasteiger partial charge is 0.347 e. The number of nitrogens with zero attached hydrogens (tertiary/aromatic N) is 3. The Kier molecular flexibility index (Phi) is 5.30. The predicted molar refractivity (Wildman–Crippen MR) is 111 cm³/mol. The second kappa shape index (κ2) is 8.19. The fourth-order valence-electron chi connectivity index (χ4n) is 2.91. The Labute approximate surface area is 167 Å². The van der Waals surface area contributed by atoms with Crippen LogP contribution in [0.5, 0.6) is 0 Å². The van der Waals surface area contributed by atoms with E-state index in [1.165, 1.54) is 0 Å². The molecule has 0 unspecified atom stereocenters. The van der Waals surface area contributed by atoms with Gasteiger partial charge in [0.15, 0.2) is 0 Å². The first-order valence-electron chi connectivity index (χ1n) is 9.03. The molecule has 0 aliphatic heterocycles. The highest BCUT2D eigenvalue weighted by Crippen LogP contribution is 2.27. The Balaban J connectivity index is 1.38. The van der Waals surface area contributed by atoms with Crippen molar-refractivity contribution >= 4 is 17.2 Å². The summed E-state index contributed by atoms with van der Waals surface area (Å²) in [5.74, 6) is -0.0803. The highest BCUT2D eigenvalue weighted by molar-refractivity contribution is 7.15. The first-order valence-corrected chi connectivity index (χ1v) is 9.85. The van der Waals surface area contributed by atoms with Gasteiger partial charge in [0.25, 0.3) is 5.91 Å². The van der Waals surface area contributed by atoms with Crippen LogP contribution in [-0.2, 0) is 13.1 Å². The fraction of sp³-hybridized carbons (Fsp3) is 0.136. The van der Waals surface area contributed by atoms with E-state index in [0.29, 0.717) is 12.1 Å². The van der Waals surface area contributed by atoms with Crippen molar-refractivity contribution < 1.29 is 4.79 Å². The standard InChI is InChI=1S/C22H20N4OS/c1-16-20(28-22(25-16)19-5-3-2-4-6-19)13-24-21(27)18-9-7-17(8-10-18)14-26-12-11-23-15-26/h2-12,15H,13-14H2,1H3,(H,24,27). The first kappa shape index (κ1) is 18.1. The first-order chi connectivity index (χ1) is 13.7. The van der Waals surface area contributed by atoms with E-state index in [1.54, 1.807) is 23.9 Å². The van der Waals surface area contributed by atoms with Crippen molar-refractivity contribution in [3.8, 4) is 10.6 Å². The topological polar surface area (TPSA) is 59.8 Å². The summed E-state index contributed by atoms with van der Waals surface area (Å²) in [6.45, 7) is 3.20. The predicted octanol–water partition coefficient (Wildman–Crippen LogP) is 4.29. The Morgan fingerprint density at radius 1 is 1.11 bits per heavy atom. The zero-order chi connectivity index (χ0) is 19.3. The molecule has 6 heteroatoms. The Morgan fingerprint density at radius 3 is 2.61 bits per heavy atom. The van der Waals surface area contributed by atoms with Gasteiger partial charge in [-0.3, -0.25) is 4.79 Å². The molecule has 0 saturated carbocycles. The number of carbonyl (C=O) groups excluding carboxylic acids is 1. The van der Waals surface area contributed by atoms with E-state index < -0.39 is 0 Å². The zero-order valence-electron chi connectivity index (χ0n) is 15.5. The van der Waals surface area contributed by atoms with Gasteiger partial charge in [-0.15, -0.1) is 11.3 Å². The summed E-state index contributed by atoms with van der Waals surface area (Å²) in [6, 6.07) is 17.8. The molecule has 0 radical (unpaired) electrons. The number of carbonyl (C=O) groups is 1. The van der Waals surface area contributed by atoms with Crippen molar-refractivity contribution in [2.24, 2.45) is 0 Å². The average molecular weight is 388 g/mol. The van der Waals surface area contributed by atoms with E-state index in [2.05, 4.69) is 15.3 Å². The SMILES string of the molecule is Cc1nc(-c2ccccc2)sc1CNC(=O)c1ccc(Cn2ccnc2)cc1. The van der Waals surface area contributed by atoms with Gasteiger partial charge in [-0.2, -0.15) is 0 Å².